The Morgan fingerprint density at radius 1 is 1.40 bits per heavy atom. The number of hydrogen-bond acceptors (Lipinski definition) is 4. The van der Waals surface area contributed by atoms with Crippen LogP contribution in [-0.4, -0.2) is 44.7 Å². The Morgan fingerprint density at radius 3 is 2.85 bits per heavy atom. The molecule has 6 nitrogen and oxygen atoms in total. The maximum Gasteiger partial charge on any atom is 0.274 e. The summed E-state index contributed by atoms with van der Waals surface area (Å²) < 4.78 is 2.46. The van der Waals surface area contributed by atoms with E-state index in [0.717, 1.165) is 35.4 Å². The largest absolute Gasteiger partial charge is 0.343 e. The third-order valence-corrected chi connectivity index (χ3v) is 3.98. The van der Waals surface area contributed by atoms with E-state index in [0.29, 0.717) is 9.53 Å². The number of fused-ring (bicyclic) bond motifs is 3. The van der Waals surface area contributed by atoms with Crippen LogP contribution in [0.3, 0.4) is 0 Å². The summed E-state index contributed by atoms with van der Waals surface area (Å²) in [5.74, 6) is -0.0611. The van der Waals surface area contributed by atoms with Crippen molar-refractivity contribution in [1.29, 1.82) is 0 Å². The van der Waals surface area contributed by atoms with Gasteiger partial charge in [-0.3, -0.25) is 9.48 Å². The first-order chi connectivity index (χ1) is 9.49. The predicted molar refractivity (Wildman–Crippen MR) is 82.4 cm³/mol. The molecule has 20 heavy (non-hydrogen) atoms. The second kappa shape index (κ2) is 4.80. The molecule has 0 bridgehead atoms. The van der Waals surface area contributed by atoms with Crippen molar-refractivity contribution in [2.45, 2.75) is 12.8 Å². The fraction of sp³-hybridized carbons (Fsp3) is 0.385. The fourth-order valence-corrected chi connectivity index (χ4v) is 2.90. The van der Waals surface area contributed by atoms with Gasteiger partial charge in [-0.05, 0) is 18.4 Å². The van der Waals surface area contributed by atoms with Crippen LogP contribution in [0.25, 0.3) is 11.4 Å². The van der Waals surface area contributed by atoms with Gasteiger partial charge in [0, 0.05) is 55.5 Å². The van der Waals surface area contributed by atoms with Crippen molar-refractivity contribution in [2.75, 3.05) is 14.1 Å². The van der Waals surface area contributed by atoms with Crippen molar-refractivity contribution in [3.05, 3.63) is 26.8 Å². The van der Waals surface area contributed by atoms with Gasteiger partial charge in [0.1, 0.15) is 0 Å². The zero-order chi connectivity index (χ0) is 14.4. The minimum Gasteiger partial charge on any atom is -0.343 e. The van der Waals surface area contributed by atoms with Gasteiger partial charge in [-0.15, -0.1) is 0 Å². The van der Waals surface area contributed by atoms with Gasteiger partial charge in [-0.2, -0.15) is 5.10 Å². The molecule has 0 saturated heterocycles. The van der Waals surface area contributed by atoms with Crippen molar-refractivity contribution in [2.24, 2.45) is 7.05 Å². The van der Waals surface area contributed by atoms with E-state index in [2.05, 4.69) is 37.7 Å². The summed E-state index contributed by atoms with van der Waals surface area (Å²) in [5.41, 5.74) is 4.49. The molecule has 2 heterocycles. The first kappa shape index (κ1) is 13.5. The van der Waals surface area contributed by atoms with E-state index in [-0.39, 0.29) is 5.91 Å². The Kier molecular flexibility index (Phi) is 3.23. The number of carbonyl (C=O) groups is 1. The molecule has 0 saturated carbocycles. The second-order valence-electron chi connectivity index (χ2n) is 5.01. The summed E-state index contributed by atoms with van der Waals surface area (Å²) in [6, 6.07) is 0. The summed E-state index contributed by atoms with van der Waals surface area (Å²) in [7, 11) is 5.34. The van der Waals surface area contributed by atoms with Crippen LogP contribution in [0.15, 0.2) is 6.20 Å². The van der Waals surface area contributed by atoms with Crippen LogP contribution in [0.5, 0.6) is 0 Å². The first-order valence-electron chi connectivity index (χ1n) is 6.28. The molecular weight excluding hydrogens is 369 g/mol. The summed E-state index contributed by atoms with van der Waals surface area (Å²) >= 11 is 2.10. The number of hydrogen-bond donors (Lipinski definition) is 0. The van der Waals surface area contributed by atoms with Crippen LogP contribution >= 0.6 is 22.6 Å². The van der Waals surface area contributed by atoms with E-state index in [1.807, 2.05) is 13.2 Å². The molecule has 1 aliphatic carbocycles. The van der Waals surface area contributed by atoms with E-state index < -0.39 is 0 Å². The van der Waals surface area contributed by atoms with Crippen LogP contribution in [0.4, 0.5) is 0 Å². The second-order valence-corrected chi connectivity index (χ2v) is 5.98. The number of rotatable bonds is 1. The van der Waals surface area contributed by atoms with Crippen molar-refractivity contribution in [3.63, 3.8) is 0 Å². The van der Waals surface area contributed by atoms with Crippen LogP contribution in [-0.2, 0) is 19.9 Å². The molecule has 7 heteroatoms. The summed E-state index contributed by atoms with van der Waals surface area (Å²) in [6.45, 7) is 0. The molecule has 2 aromatic heterocycles. The van der Waals surface area contributed by atoms with Gasteiger partial charge in [0.25, 0.3) is 5.91 Å². The molecule has 0 aliphatic heterocycles. The minimum absolute atomic E-state index is 0.0611. The lowest BCUT2D eigenvalue weighted by molar-refractivity contribution is 0.0820. The molecule has 2 aromatic rings. The molecule has 0 unspecified atom stereocenters. The highest BCUT2D eigenvalue weighted by Crippen LogP contribution is 2.33. The summed E-state index contributed by atoms with van der Waals surface area (Å²) in [6.07, 6.45) is 3.52. The standard InChI is InChI=1S/C13H14IN5O/c1-18(2)12(20)10-8-5-4-7-6-15-13(14)16-9(7)11(8)19(3)17-10/h6H,4-5H2,1-3H3. The fourth-order valence-electron chi connectivity index (χ4n) is 2.52. The molecule has 1 amide bonds. The third-order valence-electron chi connectivity index (χ3n) is 3.46. The average Bonchev–Trinajstić information content (AvgIpc) is 2.75. The number of aryl methyl sites for hydroxylation is 2. The first-order valence-corrected chi connectivity index (χ1v) is 7.36. The van der Waals surface area contributed by atoms with Gasteiger partial charge in [-0.1, -0.05) is 0 Å². The Balaban J connectivity index is 2.22. The number of halogens is 1. The molecule has 0 N–H and O–H groups in total. The van der Waals surface area contributed by atoms with E-state index >= 15 is 0 Å². The van der Waals surface area contributed by atoms with Gasteiger partial charge in [-0.25, -0.2) is 9.97 Å². The van der Waals surface area contributed by atoms with Crippen LogP contribution < -0.4 is 0 Å². The molecule has 0 atom stereocenters. The van der Waals surface area contributed by atoms with Gasteiger partial charge in [0.15, 0.2) is 9.53 Å². The molecule has 0 aromatic carbocycles. The van der Waals surface area contributed by atoms with Gasteiger partial charge in [0.2, 0.25) is 0 Å². The lowest BCUT2D eigenvalue weighted by Gasteiger charge is -2.17. The Bertz CT molecular complexity index is 707. The number of nitrogens with zero attached hydrogens (tertiary/aromatic N) is 5. The Labute approximate surface area is 130 Å². The van der Waals surface area contributed by atoms with Crippen molar-refractivity contribution in [3.8, 4) is 11.4 Å². The smallest absolute Gasteiger partial charge is 0.274 e. The minimum atomic E-state index is -0.0611. The summed E-state index contributed by atoms with van der Waals surface area (Å²) in [5, 5.41) is 4.40. The number of amides is 1. The van der Waals surface area contributed by atoms with E-state index in [9.17, 15) is 4.79 Å². The van der Waals surface area contributed by atoms with E-state index in [1.165, 1.54) is 0 Å². The van der Waals surface area contributed by atoms with Crippen molar-refractivity contribution in [1.82, 2.24) is 24.6 Å². The monoisotopic (exact) mass is 383 g/mol. The highest BCUT2D eigenvalue weighted by atomic mass is 127. The number of carbonyl (C=O) groups excluding carboxylic acids is 1. The van der Waals surface area contributed by atoms with Crippen LogP contribution in [0.2, 0.25) is 0 Å². The van der Waals surface area contributed by atoms with Crippen molar-refractivity contribution < 1.29 is 4.79 Å². The maximum atomic E-state index is 12.2. The van der Waals surface area contributed by atoms with Gasteiger partial charge < -0.3 is 4.90 Å². The third kappa shape index (κ3) is 2.00. The quantitative estimate of drug-likeness (QED) is 0.550. The zero-order valence-electron chi connectivity index (χ0n) is 11.5. The van der Waals surface area contributed by atoms with Crippen LogP contribution in [0, 0.1) is 3.83 Å². The zero-order valence-corrected chi connectivity index (χ0v) is 13.7. The molecular formula is C13H14IN5O. The van der Waals surface area contributed by atoms with E-state index in [4.69, 9.17) is 0 Å². The van der Waals surface area contributed by atoms with Crippen molar-refractivity contribution >= 4 is 28.5 Å². The molecule has 0 radical (unpaired) electrons. The SMILES string of the molecule is CN(C)C(=O)c1nn(C)c2c1CCc1cnc(I)nc1-2. The molecule has 3 rings (SSSR count). The highest BCUT2D eigenvalue weighted by Gasteiger charge is 2.29. The predicted octanol–water partition coefficient (Wildman–Crippen LogP) is 1.28. The average molecular weight is 383 g/mol. The Morgan fingerprint density at radius 2 is 2.15 bits per heavy atom. The molecule has 0 fully saturated rings. The Hall–Kier alpha value is -1.51. The summed E-state index contributed by atoms with van der Waals surface area (Å²) in [4.78, 5) is 22.5. The normalized spacial score (nSPS) is 12.8. The lowest BCUT2D eigenvalue weighted by atomic mass is 9.93. The number of aromatic nitrogens is 4. The van der Waals surface area contributed by atoms with Gasteiger partial charge >= 0.3 is 0 Å². The lowest BCUT2D eigenvalue weighted by Crippen LogP contribution is -2.23. The highest BCUT2D eigenvalue weighted by molar-refractivity contribution is 14.1. The van der Waals surface area contributed by atoms with Crippen LogP contribution in [0.1, 0.15) is 21.6 Å². The van der Waals surface area contributed by atoms with Gasteiger partial charge in [0.05, 0.1) is 11.4 Å². The molecule has 104 valence electrons. The maximum absolute atomic E-state index is 12.2. The van der Waals surface area contributed by atoms with E-state index in [1.54, 1.807) is 23.7 Å². The molecule has 1 aliphatic rings. The molecule has 0 spiro atoms. The topological polar surface area (TPSA) is 63.9 Å².